The second-order valence-electron chi connectivity index (χ2n) is 5.82. The molecule has 2 aliphatic rings. The van der Waals surface area contributed by atoms with Crippen LogP contribution in [0.15, 0.2) is 18.2 Å². The first-order chi connectivity index (χ1) is 10.3. The van der Waals surface area contributed by atoms with Crippen molar-refractivity contribution in [3.05, 3.63) is 34.6 Å². The van der Waals surface area contributed by atoms with Gasteiger partial charge in [-0.15, -0.1) is 0 Å². The van der Waals surface area contributed by atoms with Crippen LogP contribution in [0.3, 0.4) is 0 Å². The zero-order valence-electron chi connectivity index (χ0n) is 12.2. The largest absolute Gasteiger partial charge is 0.381 e. The van der Waals surface area contributed by atoms with E-state index in [1.165, 1.54) is 6.07 Å². The first-order valence-electron chi connectivity index (χ1n) is 7.74. The van der Waals surface area contributed by atoms with E-state index in [0.717, 1.165) is 52.2 Å². The molecular weight excluding hydrogens is 291 g/mol. The fraction of sp³-hybridized carbons (Fsp3) is 0.625. The van der Waals surface area contributed by atoms with Gasteiger partial charge in [-0.1, -0.05) is 17.7 Å². The standard InChI is InChI=1S/C16H22ClFN2O/c17-13-2-1-3-14(18)15(13)16(12-4-10-21-11-5-12)20-8-6-19-7-9-20/h1-3,12,16,19H,4-11H2/t16-/m1/s1. The van der Waals surface area contributed by atoms with Crippen LogP contribution >= 0.6 is 11.6 Å². The summed E-state index contributed by atoms with van der Waals surface area (Å²) < 4.78 is 19.9. The van der Waals surface area contributed by atoms with Crippen molar-refractivity contribution in [3.63, 3.8) is 0 Å². The van der Waals surface area contributed by atoms with Crippen molar-refractivity contribution in [1.29, 1.82) is 0 Å². The minimum Gasteiger partial charge on any atom is -0.381 e. The first kappa shape index (κ1) is 15.2. The van der Waals surface area contributed by atoms with E-state index in [0.29, 0.717) is 16.5 Å². The van der Waals surface area contributed by atoms with Crippen LogP contribution in [0, 0.1) is 11.7 Å². The van der Waals surface area contributed by atoms with Crippen LogP contribution < -0.4 is 5.32 Å². The molecule has 116 valence electrons. The highest BCUT2D eigenvalue weighted by Gasteiger charge is 2.34. The average Bonchev–Trinajstić information content (AvgIpc) is 2.53. The number of rotatable bonds is 3. The van der Waals surface area contributed by atoms with Gasteiger partial charge in [0.2, 0.25) is 0 Å². The van der Waals surface area contributed by atoms with Gasteiger partial charge >= 0.3 is 0 Å². The molecule has 0 spiro atoms. The van der Waals surface area contributed by atoms with Gasteiger partial charge < -0.3 is 10.1 Å². The molecule has 0 radical (unpaired) electrons. The Morgan fingerprint density at radius 3 is 2.62 bits per heavy atom. The third kappa shape index (κ3) is 3.39. The van der Waals surface area contributed by atoms with E-state index in [1.54, 1.807) is 12.1 Å². The summed E-state index contributed by atoms with van der Waals surface area (Å²) in [5.41, 5.74) is 0.674. The van der Waals surface area contributed by atoms with Gasteiger partial charge in [0.25, 0.3) is 0 Å². The molecule has 0 aromatic heterocycles. The van der Waals surface area contributed by atoms with Crippen molar-refractivity contribution in [2.24, 2.45) is 5.92 Å². The predicted molar refractivity (Wildman–Crippen MR) is 82.1 cm³/mol. The quantitative estimate of drug-likeness (QED) is 0.929. The van der Waals surface area contributed by atoms with Gasteiger partial charge in [0.15, 0.2) is 0 Å². The lowest BCUT2D eigenvalue weighted by molar-refractivity contribution is 0.0203. The molecule has 0 unspecified atom stereocenters. The molecule has 0 saturated carbocycles. The minimum absolute atomic E-state index is 0.0599. The molecule has 3 nitrogen and oxygen atoms in total. The molecular formula is C16H22ClFN2O. The van der Waals surface area contributed by atoms with E-state index in [1.807, 2.05) is 0 Å². The van der Waals surface area contributed by atoms with Gasteiger partial charge in [0.1, 0.15) is 5.82 Å². The van der Waals surface area contributed by atoms with E-state index < -0.39 is 0 Å². The number of nitrogens with one attached hydrogen (secondary N) is 1. The summed E-state index contributed by atoms with van der Waals surface area (Å²) in [6.45, 7) is 5.30. The SMILES string of the molecule is Fc1cccc(Cl)c1[C@@H](C1CCOCC1)N1CCNCC1. The topological polar surface area (TPSA) is 24.5 Å². The van der Waals surface area contributed by atoms with Crippen molar-refractivity contribution < 1.29 is 9.13 Å². The van der Waals surface area contributed by atoms with Crippen LogP contribution in [0.4, 0.5) is 4.39 Å². The van der Waals surface area contributed by atoms with Crippen LogP contribution in [-0.2, 0) is 4.74 Å². The number of ether oxygens (including phenoxy) is 1. The Morgan fingerprint density at radius 1 is 1.24 bits per heavy atom. The highest BCUT2D eigenvalue weighted by Crippen LogP contribution is 2.39. The maximum atomic E-state index is 14.5. The van der Waals surface area contributed by atoms with Crippen molar-refractivity contribution in [3.8, 4) is 0 Å². The fourth-order valence-electron chi connectivity index (χ4n) is 3.50. The Morgan fingerprint density at radius 2 is 1.95 bits per heavy atom. The number of hydrogen-bond donors (Lipinski definition) is 1. The number of nitrogens with zero attached hydrogens (tertiary/aromatic N) is 1. The zero-order valence-corrected chi connectivity index (χ0v) is 12.9. The second kappa shape index (κ2) is 7.05. The van der Waals surface area contributed by atoms with Gasteiger partial charge in [-0.05, 0) is 30.9 Å². The molecule has 0 aliphatic carbocycles. The Kier molecular flexibility index (Phi) is 5.11. The van der Waals surface area contributed by atoms with Crippen LogP contribution in [0.5, 0.6) is 0 Å². The maximum Gasteiger partial charge on any atom is 0.129 e. The monoisotopic (exact) mass is 312 g/mol. The lowest BCUT2D eigenvalue weighted by atomic mass is 9.85. The molecule has 2 saturated heterocycles. The van der Waals surface area contributed by atoms with E-state index >= 15 is 0 Å². The fourth-order valence-corrected chi connectivity index (χ4v) is 3.78. The number of piperazine rings is 1. The van der Waals surface area contributed by atoms with E-state index in [2.05, 4.69) is 10.2 Å². The summed E-state index contributed by atoms with van der Waals surface area (Å²) in [6.07, 6.45) is 1.94. The van der Waals surface area contributed by atoms with E-state index in [4.69, 9.17) is 16.3 Å². The van der Waals surface area contributed by atoms with Crippen LogP contribution in [0.2, 0.25) is 5.02 Å². The highest BCUT2D eigenvalue weighted by molar-refractivity contribution is 6.31. The molecule has 2 aliphatic heterocycles. The lowest BCUT2D eigenvalue weighted by Crippen LogP contribution is -2.47. The second-order valence-corrected chi connectivity index (χ2v) is 6.22. The summed E-state index contributed by atoms with van der Waals surface area (Å²) in [5, 5.41) is 3.91. The molecule has 1 aromatic carbocycles. The summed E-state index contributed by atoms with van der Waals surface area (Å²) in [5.74, 6) is 0.226. The van der Waals surface area contributed by atoms with Crippen molar-refractivity contribution >= 4 is 11.6 Å². The molecule has 21 heavy (non-hydrogen) atoms. The summed E-state index contributed by atoms with van der Waals surface area (Å²) >= 11 is 6.35. The van der Waals surface area contributed by atoms with Crippen LogP contribution in [-0.4, -0.2) is 44.3 Å². The Balaban J connectivity index is 1.94. The molecule has 3 rings (SSSR count). The normalized spacial score (nSPS) is 23.1. The van der Waals surface area contributed by atoms with Gasteiger partial charge in [0, 0.05) is 56.0 Å². The smallest absolute Gasteiger partial charge is 0.129 e. The molecule has 2 fully saturated rings. The van der Waals surface area contributed by atoms with Gasteiger partial charge in [-0.2, -0.15) is 0 Å². The Bertz CT molecular complexity index is 435. The summed E-state index contributed by atoms with van der Waals surface area (Å²) in [7, 11) is 0. The van der Waals surface area contributed by atoms with Crippen molar-refractivity contribution in [2.75, 3.05) is 39.4 Å². The Hall–Kier alpha value is -0.680. The van der Waals surface area contributed by atoms with Crippen LogP contribution in [0.25, 0.3) is 0 Å². The zero-order chi connectivity index (χ0) is 14.7. The molecule has 1 atom stereocenters. The van der Waals surface area contributed by atoms with Crippen molar-refractivity contribution in [1.82, 2.24) is 10.2 Å². The highest BCUT2D eigenvalue weighted by atomic mass is 35.5. The van der Waals surface area contributed by atoms with E-state index in [-0.39, 0.29) is 11.9 Å². The number of hydrogen-bond acceptors (Lipinski definition) is 3. The lowest BCUT2D eigenvalue weighted by Gasteiger charge is -2.41. The van der Waals surface area contributed by atoms with Crippen LogP contribution in [0.1, 0.15) is 24.4 Å². The van der Waals surface area contributed by atoms with Gasteiger partial charge in [-0.3, -0.25) is 4.90 Å². The third-order valence-corrected chi connectivity index (χ3v) is 4.88. The predicted octanol–water partition coefficient (Wildman–Crippen LogP) is 2.85. The molecule has 0 bridgehead atoms. The molecule has 1 aromatic rings. The Labute approximate surface area is 130 Å². The first-order valence-corrected chi connectivity index (χ1v) is 8.11. The van der Waals surface area contributed by atoms with Crippen molar-refractivity contribution in [2.45, 2.75) is 18.9 Å². The maximum absolute atomic E-state index is 14.5. The van der Waals surface area contributed by atoms with Gasteiger partial charge in [0.05, 0.1) is 0 Å². The third-order valence-electron chi connectivity index (χ3n) is 4.55. The molecule has 0 amide bonds. The number of benzene rings is 1. The van der Waals surface area contributed by atoms with Gasteiger partial charge in [-0.25, -0.2) is 4.39 Å². The van der Waals surface area contributed by atoms with E-state index in [9.17, 15) is 4.39 Å². The molecule has 1 N–H and O–H groups in total. The average molecular weight is 313 g/mol. The summed E-state index contributed by atoms with van der Waals surface area (Å²) in [6, 6.07) is 5.06. The molecule has 5 heteroatoms. The summed E-state index contributed by atoms with van der Waals surface area (Å²) in [4.78, 5) is 2.39. The minimum atomic E-state index is -0.183. The molecule has 2 heterocycles. The number of halogens is 2.